The fraction of sp³-hybridized carbons (Fsp3) is 0.412. The van der Waals surface area contributed by atoms with Crippen molar-refractivity contribution in [3.8, 4) is 11.1 Å². The molecule has 2 rings (SSSR count). The summed E-state index contributed by atoms with van der Waals surface area (Å²) in [5.41, 5.74) is 3.56. The molecule has 2 aromatic rings. The van der Waals surface area contributed by atoms with Crippen molar-refractivity contribution in [3.63, 3.8) is 0 Å². The first-order chi connectivity index (χ1) is 10.2. The molecule has 0 fully saturated rings. The highest BCUT2D eigenvalue weighted by atomic mass is 32.1. The number of aliphatic hydroxyl groups is 2. The Morgan fingerprint density at radius 2 is 1.81 bits per heavy atom. The second-order valence-corrected chi connectivity index (χ2v) is 5.87. The number of aliphatic hydroxyl groups excluding tert-OH is 2. The van der Waals surface area contributed by atoms with E-state index in [2.05, 4.69) is 41.1 Å². The summed E-state index contributed by atoms with van der Waals surface area (Å²) in [5.74, 6) is 0. The van der Waals surface area contributed by atoms with E-state index in [0.717, 1.165) is 5.56 Å². The summed E-state index contributed by atoms with van der Waals surface area (Å²) < 4.78 is 5.55. The van der Waals surface area contributed by atoms with Crippen molar-refractivity contribution >= 4 is 11.3 Å². The number of ether oxygens (including phenoxy) is 1. The standard InChI is InChI=1S/C17H22O3S/c1-2-16(18)17(19)7-9-20-11-13-3-5-14(6-4-13)15-8-10-21-12-15/h3-6,8,10,12,16-19H,2,7,9,11H2,1H3. The van der Waals surface area contributed by atoms with E-state index in [9.17, 15) is 10.2 Å². The third kappa shape index (κ3) is 4.93. The van der Waals surface area contributed by atoms with Crippen LogP contribution in [0.2, 0.25) is 0 Å². The van der Waals surface area contributed by atoms with Crippen LogP contribution in [0.5, 0.6) is 0 Å². The molecule has 4 heteroatoms. The lowest BCUT2D eigenvalue weighted by molar-refractivity contribution is -0.00799. The van der Waals surface area contributed by atoms with Crippen LogP contribution >= 0.6 is 11.3 Å². The van der Waals surface area contributed by atoms with Crippen molar-refractivity contribution in [3.05, 3.63) is 46.7 Å². The Bertz CT molecular complexity index is 507. The maximum Gasteiger partial charge on any atom is 0.0820 e. The number of hydrogen-bond acceptors (Lipinski definition) is 4. The topological polar surface area (TPSA) is 49.7 Å². The van der Waals surface area contributed by atoms with Crippen molar-refractivity contribution in [1.29, 1.82) is 0 Å². The summed E-state index contributed by atoms with van der Waals surface area (Å²) in [4.78, 5) is 0. The van der Waals surface area contributed by atoms with Crippen LogP contribution in [0.4, 0.5) is 0 Å². The maximum atomic E-state index is 9.63. The molecule has 2 atom stereocenters. The van der Waals surface area contributed by atoms with Crippen LogP contribution in [0.3, 0.4) is 0 Å². The summed E-state index contributed by atoms with van der Waals surface area (Å²) in [6.45, 7) is 2.83. The van der Waals surface area contributed by atoms with Gasteiger partial charge in [0.1, 0.15) is 0 Å². The fourth-order valence-electron chi connectivity index (χ4n) is 2.08. The Labute approximate surface area is 129 Å². The zero-order valence-electron chi connectivity index (χ0n) is 12.2. The van der Waals surface area contributed by atoms with Crippen LogP contribution < -0.4 is 0 Å². The van der Waals surface area contributed by atoms with Gasteiger partial charge in [0.25, 0.3) is 0 Å². The average molecular weight is 306 g/mol. The van der Waals surface area contributed by atoms with Gasteiger partial charge in [0, 0.05) is 6.61 Å². The van der Waals surface area contributed by atoms with Crippen molar-refractivity contribution in [2.45, 2.75) is 38.6 Å². The highest BCUT2D eigenvalue weighted by Crippen LogP contribution is 2.22. The molecule has 2 unspecified atom stereocenters. The second kappa shape index (κ2) is 8.29. The molecule has 1 aromatic carbocycles. The van der Waals surface area contributed by atoms with Gasteiger partial charge in [0.2, 0.25) is 0 Å². The van der Waals surface area contributed by atoms with Gasteiger partial charge in [-0.25, -0.2) is 0 Å². The summed E-state index contributed by atoms with van der Waals surface area (Å²) in [6.07, 6.45) is -0.331. The minimum atomic E-state index is -0.698. The van der Waals surface area contributed by atoms with Gasteiger partial charge in [0.15, 0.2) is 0 Å². The van der Waals surface area contributed by atoms with Gasteiger partial charge < -0.3 is 14.9 Å². The van der Waals surface area contributed by atoms with E-state index < -0.39 is 12.2 Å². The lowest BCUT2D eigenvalue weighted by Crippen LogP contribution is -2.26. The number of benzene rings is 1. The van der Waals surface area contributed by atoms with E-state index in [0.29, 0.717) is 26.1 Å². The maximum absolute atomic E-state index is 9.63. The van der Waals surface area contributed by atoms with Gasteiger partial charge in [-0.2, -0.15) is 11.3 Å². The minimum absolute atomic E-state index is 0.449. The van der Waals surface area contributed by atoms with E-state index in [-0.39, 0.29) is 0 Å². The molecule has 1 heterocycles. The quantitative estimate of drug-likeness (QED) is 0.734. The molecule has 0 radical (unpaired) electrons. The van der Waals surface area contributed by atoms with Gasteiger partial charge in [-0.1, -0.05) is 31.2 Å². The van der Waals surface area contributed by atoms with Gasteiger partial charge >= 0.3 is 0 Å². The van der Waals surface area contributed by atoms with Crippen LogP contribution in [0.1, 0.15) is 25.3 Å². The SMILES string of the molecule is CCC(O)C(O)CCOCc1ccc(-c2ccsc2)cc1. The van der Waals surface area contributed by atoms with Gasteiger partial charge in [-0.3, -0.25) is 0 Å². The molecule has 0 spiro atoms. The van der Waals surface area contributed by atoms with Crippen LogP contribution in [0, 0.1) is 0 Å². The summed E-state index contributed by atoms with van der Waals surface area (Å²) in [6, 6.07) is 10.4. The first-order valence-corrected chi connectivity index (χ1v) is 8.20. The van der Waals surface area contributed by atoms with E-state index in [1.54, 1.807) is 11.3 Å². The van der Waals surface area contributed by atoms with Gasteiger partial charge in [-0.05, 0) is 46.4 Å². The third-order valence-electron chi connectivity index (χ3n) is 3.50. The minimum Gasteiger partial charge on any atom is -0.390 e. The molecule has 2 N–H and O–H groups in total. The van der Waals surface area contributed by atoms with Crippen LogP contribution in [0.15, 0.2) is 41.1 Å². The molecular formula is C17H22O3S. The van der Waals surface area contributed by atoms with Crippen LogP contribution in [0.25, 0.3) is 11.1 Å². The molecule has 0 amide bonds. The van der Waals surface area contributed by atoms with E-state index in [1.807, 2.05) is 6.92 Å². The van der Waals surface area contributed by atoms with Gasteiger partial charge in [0.05, 0.1) is 18.8 Å². The fourth-order valence-corrected chi connectivity index (χ4v) is 2.75. The average Bonchev–Trinajstić information content (AvgIpc) is 3.05. The van der Waals surface area contributed by atoms with E-state index >= 15 is 0 Å². The lowest BCUT2D eigenvalue weighted by atomic mass is 10.1. The number of rotatable bonds is 8. The molecule has 0 saturated carbocycles. The van der Waals surface area contributed by atoms with E-state index in [4.69, 9.17) is 4.74 Å². The lowest BCUT2D eigenvalue weighted by Gasteiger charge is -2.15. The molecule has 0 saturated heterocycles. The van der Waals surface area contributed by atoms with Crippen molar-refractivity contribution in [2.24, 2.45) is 0 Å². The van der Waals surface area contributed by atoms with Crippen molar-refractivity contribution in [1.82, 2.24) is 0 Å². The zero-order valence-corrected chi connectivity index (χ0v) is 13.1. The largest absolute Gasteiger partial charge is 0.390 e. The van der Waals surface area contributed by atoms with Crippen molar-refractivity contribution in [2.75, 3.05) is 6.61 Å². The van der Waals surface area contributed by atoms with Crippen molar-refractivity contribution < 1.29 is 14.9 Å². The predicted molar refractivity (Wildman–Crippen MR) is 86.3 cm³/mol. The Morgan fingerprint density at radius 3 is 2.43 bits per heavy atom. The zero-order chi connectivity index (χ0) is 15.1. The summed E-state index contributed by atoms with van der Waals surface area (Å²) in [5, 5.41) is 23.3. The highest BCUT2D eigenvalue weighted by molar-refractivity contribution is 7.08. The monoisotopic (exact) mass is 306 g/mol. The molecule has 0 bridgehead atoms. The third-order valence-corrected chi connectivity index (χ3v) is 4.18. The molecule has 0 aliphatic heterocycles. The Balaban J connectivity index is 1.74. The first kappa shape index (κ1) is 16.2. The normalized spacial score (nSPS) is 14.0. The molecule has 114 valence electrons. The number of thiophene rings is 1. The molecule has 3 nitrogen and oxygen atoms in total. The van der Waals surface area contributed by atoms with Crippen LogP contribution in [-0.4, -0.2) is 29.0 Å². The van der Waals surface area contributed by atoms with Crippen LogP contribution in [-0.2, 0) is 11.3 Å². The Hall–Kier alpha value is -1.20. The number of hydrogen-bond donors (Lipinski definition) is 2. The molecule has 0 aliphatic rings. The molecular weight excluding hydrogens is 284 g/mol. The van der Waals surface area contributed by atoms with E-state index in [1.165, 1.54) is 11.1 Å². The second-order valence-electron chi connectivity index (χ2n) is 5.09. The smallest absolute Gasteiger partial charge is 0.0820 e. The first-order valence-electron chi connectivity index (χ1n) is 7.26. The molecule has 0 aliphatic carbocycles. The van der Waals surface area contributed by atoms with Gasteiger partial charge in [-0.15, -0.1) is 0 Å². The highest BCUT2D eigenvalue weighted by Gasteiger charge is 2.13. The molecule has 1 aromatic heterocycles. The summed E-state index contributed by atoms with van der Waals surface area (Å²) >= 11 is 1.69. The predicted octanol–water partition coefficient (Wildman–Crippen LogP) is 3.45. The summed E-state index contributed by atoms with van der Waals surface area (Å²) in [7, 11) is 0. The molecule has 21 heavy (non-hydrogen) atoms. The Kier molecular flexibility index (Phi) is 6.39. The Morgan fingerprint density at radius 1 is 1.05 bits per heavy atom.